The molecule has 0 atom stereocenters. The topological polar surface area (TPSA) is 78.9 Å². The summed E-state index contributed by atoms with van der Waals surface area (Å²) >= 11 is 0. The minimum absolute atomic E-state index is 0.122. The summed E-state index contributed by atoms with van der Waals surface area (Å²) in [4.78, 5) is 8.85. The van der Waals surface area contributed by atoms with Crippen molar-refractivity contribution < 1.29 is 13.7 Å². The van der Waals surface area contributed by atoms with Gasteiger partial charge in [-0.25, -0.2) is 14.4 Å². The first kappa shape index (κ1) is 19.9. The lowest BCUT2D eigenvalue weighted by Gasteiger charge is -2.09. The molecule has 3 aromatic rings. The number of benzene rings is 2. The highest BCUT2D eigenvalue weighted by atomic mass is 19.1. The van der Waals surface area contributed by atoms with Crippen molar-refractivity contribution in [3.05, 3.63) is 78.6 Å². The molecule has 0 amide bonds. The van der Waals surface area contributed by atoms with Gasteiger partial charge >= 0.3 is 0 Å². The zero-order valence-electron chi connectivity index (χ0n) is 17.6. The van der Waals surface area contributed by atoms with E-state index < -0.39 is 0 Å². The summed E-state index contributed by atoms with van der Waals surface area (Å²) in [5, 5.41) is 8.53. The number of halogens is 1. The SMILES string of the molecule is CC(C)Oc1ccc(-c2cc(Cn3cc4nc(-c5ccccc5F)nc-4cn3)on2)cc1. The van der Waals surface area contributed by atoms with Crippen LogP contribution in [0.5, 0.6) is 5.75 Å². The van der Waals surface area contributed by atoms with Crippen molar-refractivity contribution in [2.75, 3.05) is 0 Å². The van der Waals surface area contributed by atoms with Crippen molar-refractivity contribution in [3.63, 3.8) is 0 Å². The number of rotatable bonds is 6. The van der Waals surface area contributed by atoms with Crippen LogP contribution >= 0.6 is 0 Å². The minimum Gasteiger partial charge on any atom is -0.491 e. The zero-order valence-corrected chi connectivity index (χ0v) is 17.6. The van der Waals surface area contributed by atoms with Crippen LogP contribution in [0.25, 0.3) is 34.0 Å². The van der Waals surface area contributed by atoms with E-state index in [-0.39, 0.29) is 11.9 Å². The number of nitrogens with zero attached hydrogens (tertiary/aromatic N) is 5. The van der Waals surface area contributed by atoms with Gasteiger partial charge < -0.3 is 9.26 Å². The minimum atomic E-state index is -0.360. The molecule has 0 fully saturated rings. The van der Waals surface area contributed by atoms with E-state index in [1.165, 1.54) is 6.07 Å². The van der Waals surface area contributed by atoms with E-state index in [9.17, 15) is 4.39 Å². The summed E-state index contributed by atoms with van der Waals surface area (Å²) in [6.07, 6.45) is 3.49. The first-order chi connectivity index (χ1) is 15.5. The summed E-state index contributed by atoms with van der Waals surface area (Å²) < 4.78 is 26.9. The number of imidazole rings is 1. The third kappa shape index (κ3) is 4.07. The Morgan fingerprint density at radius 2 is 1.78 bits per heavy atom. The fourth-order valence-electron chi connectivity index (χ4n) is 3.37. The quantitative estimate of drug-likeness (QED) is 0.375. The second kappa shape index (κ2) is 8.22. The van der Waals surface area contributed by atoms with Crippen molar-refractivity contribution in [1.29, 1.82) is 0 Å². The van der Waals surface area contributed by atoms with E-state index >= 15 is 0 Å². The van der Waals surface area contributed by atoms with Crippen molar-refractivity contribution in [1.82, 2.24) is 24.9 Å². The van der Waals surface area contributed by atoms with Crippen molar-refractivity contribution in [2.45, 2.75) is 26.5 Å². The van der Waals surface area contributed by atoms with Gasteiger partial charge in [-0.3, -0.25) is 4.68 Å². The Morgan fingerprint density at radius 1 is 1.00 bits per heavy atom. The molecule has 2 aliphatic heterocycles. The molecule has 0 bridgehead atoms. The van der Waals surface area contributed by atoms with Crippen molar-refractivity contribution in [2.24, 2.45) is 0 Å². The number of ether oxygens (including phenoxy) is 1. The molecule has 7 nitrogen and oxygen atoms in total. The largest absolute Gasteiger partial charge is 0.491 e. The van der Waals surface area contributed by atoms with Crippen molar-refractivity contribution in [3.8, 4) is 39.8 Å². The van der Waals surface area contributed by atoms with E-state index in [0.29, 0.717) is 35.1 Å². The molecule has 0 radical (unpaired) electrons. The lowest BCUT2D eigenvalue weighted by molar-refractivity contribution is 0.242. The standard InChI is InChI=1S/C24H20FN5O2/c1-15(2)31-17-9-7-16(8-10-17)21-11-18(32-29-21)13-30-14-23-22(12-26-30)27-24(28-23)19-5-3-4-6-20(19)25/h3-12,14-15H,13H2,1-2H3. The second-order valence-corrected chi connectivity index (χ2v) is 7.64. The van der Waals surface area contributed by atoms with Crippen LogP contribution in [0, 0.1) is 5.82 Å². The van der Waals surface area contributed by atoms with Gasteiger partial charge in [0.2, 0.25) is 0 Å². The molecule has 2 aromatic carbocycles. The van der Waals surface area contributed by atoms with Crippen LogP contribution in [-0.2, 0) is 6.54 Å². The Labute approximate surface area is 183 Å². The smallest absolute Gasteiger partial charge is 0.163 e. The molecule has 0 saturated carbocycles. The predicted octanol–water partition coefficient (Wildman–Crippen LogP) is 5.07. The molecular weight excluding hydrogens is 409 g/mol. The van der Waals surface area contributed by atoms with Crippen LogP contribution in [0.3, 0.4) is 0 Å². The first-order valence-electron chi connectivity index (χ1n) is 10.2. The van der Waals surface area contributed by atoms with E-state index in [2.05, 4.69) is 20.2 Å². The van der Waals surface area contributed by atoms with E-state index in [4.69, 9.17) is 9.26 Å². The number of hydrogen-bond donors (Lipinski definition) is 0. The van der Waals surface area contributed by atoms with Gasteiger partial charge in [-0.1, -0.05) is 17.3 Å². The van der Waals surface area contributed by atoms with Crippen LogP contribution in [0.15, 0.2) is 71.5 Å². The molecule has 0 spiro atoms. The zero-order chi connectivity index (χ0) is 22.1. The molecule has 1 aromatic heterocycles. The summed E-state index contributed by atoms with van der Waals surface area (Å²) in [5.74, 6) is 1.44. The Morgan fingerprint density at radius 3 is 2.56 bits per heavy atom. The third-order valence-electron chi connectivity index (χ3n) is 4.83. The Hall–Kier alpha value is -4.07. The van der Waals surface area contributed by atoms with Gasteiger partial charge in [-0.05, 0) is 50.2 Å². The maximum Gasteiger partial charge on any atom is 0.163 e. The van der Waals surface area contributed by atoms with Gasteiger partial charge in [0.25, 0.3) is 0 Å². The van der Waals surface area contributed by atoms with Crippen LogP contribution in [0.1, 0.15) is 19.6 Å². The summed E-state index contributed by atoms with van der Waals surface area (Å²) in [6.45, 7) is 4.35. The van der Waals surface area contributed by atoms with Gasteiger partial charge in [-0.2, -0.15) is 5.10 Å². The Balaban J connectivity index is 1.35. The molecule has 0 N–H and O–H groups in total. The normalized spacial score (nSPS) is 11.4. The highest BCUT2D eigenvalue weighted by molar-refractivity contribution is 5.65. The van der Waals surface area contributed by atoms with Gasteiger partial charge in [0.05, 0.1) is 24.1 Å². The fraction of sp³-hybridized carbons (Fsp3) is 0.167. The molecule has 0 unspecified atom stereocenters. The predicted molar refractivity (Wildman–Crippen MR) is 117 cm³/mol. The van der Waals surface area contributed by atoms with E-state index in [0.717, 1.165) is 17.0 Å². The molecule has 0 saturated heterocycles. The number of fused-ring (bicyclic) bond motifs is 1. The molecule has 32 heavy (non-hydrogen) atoms. The van der Waals surface area contributed by atoms with Gasteiger partial charge in [0, 0.05) is 11.6 Å². The number of hydrogen-bond acceptors (Lipinski definition) is 6. The summed E-state index contributed by atoms with van der Waals surface area (Å²) in [6, 6.07) is 16.0. The number of aromatic nitrogens is 5. The summed E-state index contributed by atoms with van der Waals surface area (Å²) in [5.41, 5.74) is 3.24. The molecule has 2 aliphatic rings. The maximum absolute atomic E-state index is 14.1. The van der Waals surface area contributed by atoms with E-state index in [1.807, 2.05) is 44.2 Å². The Bertz CT molecular complexity index is 1330. The van der Waals surface area contributed by atoms with E-state index in [1.54, 1.807) is 35.3 Å². The fourth-order valence-corrected chi connectivity index (χ4v) is 3.37. The highest BCUT2D eigenvalue weighted by Gasteiger charge is 2.16. The van der Waals surface area contributed by atoms with Crippen LogP contribution in [-0.4, -0.2) is 31.0 Å². The molecule has 160 valence electrons. The summed E-state index contributed by atoms with van der Waals surface area (Å²) in [7, 11) is 0. The average molecular weight is 429 g/mol. The molecule has 0 aliphatic carbocycles. The van der Waals surface area contributed by atoms with Crippen LogP contribution < -0.4 is 4.74 Å². The first-order valence-corrected chi connectivity index (χ1v) is 10.2. The Kier molecular flexibility index (Phi) is 5.10. The molecular formula is C24H20FN5O2. The molecule has 3 heterocycles. The lowest BCUT2D eigenvalue weighted by atomic mass is 10.1. The lowest BCUT2D eigenvalue weighted by Crippen LogP contribution is -2.05. The van der Waals surface area contributed by atoms with Crippen LogP contribution in [0.2, 0.25) is 0 Å². The maximum atomic E-state index is 14.1. The monoisotopic (exact) mass is 429 g/mol. The third-order valence-corrected chi connectivity index (χ3v) is 4.83. The highest BCUT2D eigenvalue weighted by Crippen LogP contribution is 2.26. The van der Waals surface area contributed by atoms with Crippen LogP contribution in [0.4, 0.5) is 4.39 Å². The average Bonchev–Trinajstić information content (AvgIpc) is 3.41. The molecule has 5 rings (SSSR count). The van der Waals surface area contributed by atoms with Crippen molar-refractivity contribution >= 4 is 0 Å². The van der Waals surface area contributed by atoms with Gasteiger partial charge in [0.15, 0.2) is 11.6 Å². The molecule has 8 heteroatoms. The van der Waals surface area contributed by atoms with Gasteiger partial charge in [0.1, 0.15) is 35.2 Å². The van der Waals surface area contributed by atoms with Gasteiger partial charge in [-0.15, -0.1) is 0 Å². The second-order valence-electron chi connectivity index (χ2n) is 7.64.